The number of anilines is 1. The van der Waals surface area contributed by atoms with E-state index in [1.54, 1.807) is 18.3 Å². The predicted molar refractivity (Wildman–Crippen MR) is 92.8 cm³/mol. The first-order valence-corrected chi connectivity index (χ1v) is 7.97. The van der Waals surface area contributed by atoms with Gasteiger partial charge in [-0.25, -0.2) is 4.39 Å². The minimum atomic E-state index is -0.515. The van der Waals surface area contributed by atoms with Crippen LogP contribution in [-0.4, -0.2) is 29.3 Å². The molecule has 2 heterocycles. The van der Waals surface area contributed by atoms with E-state index in [0.717, 1.165) is 29.8 Å². The van der Waals surface area contributed by atoms with Crippen LogP contribution >= 0.6 is 0 Å². The molecule has 4 nitrogen and oxygen atoms in total. The summed E-state index contributed by atoms with van der Waals surface area (Å²) in [7, 11) is 0. The van der Waals surface area contributed by atoms with Gasteiger partial charge in [0.1, 0.15) is 5.82 Å². The summed E-state index contributed by atoms with van der Waals surface area (Å²) in [6, 6.07) is 12.6. The Morgan fingerprint density at radius 1 is 1.17 bits per heavy atom. The van der Waals surface area contributed by atoms with Crippen molar-refractivity contribution < 1.29 is 9.50 Å². The minimum Gasteiger partial charge on any atom is -0.391 e. The van der Waals surface area contributed by atoms with Crippen LogP contribution in [0, 0.1) is 5.82 Å². The second-order valence-electron chi connectivity index (χ2n) is 6.13. The zero-order valence-corrected chi connectivity index (χ0v) is 13.0. The number of β-amino-alcohol motifs (C(OH)–C–C–N with tert-alkyl or cyclic N) is 1. The summed E-state index contributed by atoms with van der Waals surface area (Å²) >= 11 is 0. The molecule has 4 rings (SSSR count). The average molecular weight is 324 g/mol. The van der Waals surface area contributed by atoms with Crippen LogP contribution in [0.1, 0.15) is 6.42 Å². The highest BCUT2D eigenvalue weighted by molar-refractivity contribution is 5.96. The molecular formula is C19H17FN2O2. The van der Waals surface area contributed by atoms with E-state index in [4.69, 9.17) is 0 Å². The van der Waals surface area contributed by atoms with Crippen molar-refractivity contribution in [2.45, 2.75) is 12.5 Å². The molecule has 2 aromatic carbocycles. The Morgan fingerprint density at radius 3 is 2.67 bits per heavy atom. The third kappa shape index (κ3) is 2.47. The molecule has 1 aliphatic heterocycles. The molecule has 3 aromatic rings. The Balaban J connectivity index is 1.77. The highest BCUT2D eigenvalue weighted by Gasteiger charge is 2.20. The normalized spacial score (nSPS) is 17.6. The van der Waals surface area contributed by atoms with E-state index in [-0.39, 0.29) is 11.5 Å². The Kier molecular flexibility index (Phi) is 3.58. The molecule has 1 atom stereocenters. The second kappa shape index (κ2) is 5.76. The second-order valence-corrected chi connectivity index (χ2v) is 6.13. The van der Waals surface area contributed by atoms with Gasteiger partial charge in [-0.1, -0.05) is 24.3 Å². The Morgan fingerprint density at radius 2 is 1.96 bits per heavy atom. The number of nitrogens with one attached hydrogen (secondary N) is 1. The lowest BCUT2D eigenvalue weighted by Gasteiger charge is -2.18. The van der Waals surface area contributed by atoms with Gasteiger partial charge in [-0.15, -0.1) is 0 Å². The number of aliphatic hydroxyl groups is 1. The lowest BCUT2D eigenvalue weighted by atomic mass is 10.0. The lowest BCUT2D eigenvalue weighted by molar-refractivity contribution is 0.198. The van der Waals surface area contributed by atoms with Gasteiger partial charge >= 0.3 is 0 Å². The highest BCUT2D eigenvalue weighted by Crippen LogP contribution is 2.29. The van der Waals surface area contributed by atoms with E-state index in [0.29, 0.717) is 11.9 Å². The van der Waals surface area contributed by atoms with E-state index in [9.17, 15) is 14.3 Å². The summed E-state index contributed by atoms with van der Waals surface area (Å²) in [4.78, 5) is 16.7. The van der Waals surface area contributed by atoms with Gasteiger partial charge in [-0.05, 0) is 35.6 Å². The van der Waals surface area contributed by atoms with Crippen LogP contribution in [0.15, 0.2) is 53.5 Å². The molecule has 1 fully saturated rings. The monoisotopic (exact) mass is 324 g/mol. The fourth-order valence-electron chi connectivity index (χ4n) is 3.33. The van der Waals surface area contributed by atoms with E-state index in [1.807, 2.05) is 24.3 Å². The Bertz CT molecular complexity index is 950. The molecule has 1 aliphatic rings. The summed E-state index contributed by atoms with van der Waals surface area (Å²) in [5.74, 6) is -0.515. The van der Waals surface area contributed by atoms with Crippen LogP contribution in [-0.2, 0) is 0 Å². The zero-order valence-electron chi connectivity index (χ0n) is 13.0. The quantitative estimate of drug-likeness (QED) is 0.762. The SMILES string of the molecule is O=c1[nH]cc(-c2ccc(N3CCC(O)C3)cc2)c2cccc(F)c12. The van der Waals surface area contributed by atoms with E-state index < -0.39 is 11.4 Å². The van der Waals surface area contributed by atoms with E-state index in [1.165, 1.54) is 6.07 Å². The van der Waals surface area contributed by atoms with Crippen LogP contribution in [0.5, 0.6) is 0 Å². The third-order valence-electron chi connectivity index (χ3n) is 4.59. The molecule has 0 bridgehead atoms. The standard InChI is InChI=1S/C19H17FN2O2/c20-17-3-1-2-15-16(10-21-19(24)18(15)17)12-4-6-13(7-5-12)22-9-8-14(23)11-22/h1-7,10,14,23H,8-9,11H2,(H,21,24). The van der Waals surface area contributed by atoms with Crippen molar-refractivity contribution in [1.29, 1.82) is 0 Å². The van der Waals surface area contributed by atoms with Gasteiger partial charge in [0.25, 0.3) is 5.56 Å². The van der Waals surface area contributed by atoms with Gasteiger partial charge in [0.05, 0.1) is 11.5 Å². The molecule has 24 heavy (non-hydrogen) atoms. The number of aliphatic hydroxyl groups excluding tert-OH is 1. The van der Waals surface area contributed by atoms with Crippen LogP contribution in [0.25, 0.3) is 21.9 Å². The number of hydrogen-bond acceptors (Lipinski definition) is 3. The molecule has 2 N–H and O–H groups in total. The molecule has 0 saturated carbocycles. The van der Waals surface area contributed by atoms with Gasteiger partial charge in [0, 0.05) is 30.5 Å². The maximum atomic E-state index is 14.0. The summed E-state index contributed by atoms with van der Waals surface area (Å²) in [6.07, 6.45) is 2.14. The maximum absolute atomic E-state index is 14.0. The third-order valence-corrected chi connectivity index (χ3v) is 4.59. The maximum Gasteiger partial charge on any atom is 0.258 e. The van der Waals surface area contributed by atoms with Crippen LogP contribution in [0.2, 0.25) is 0 Å². The van der Waals surface area contributed by atoms with E-state index >= 15 is 0 Å². The number of aromatic nitrogens is 1. The molecular weight excluding hydrogens is 307 g/mol. The number of aromatic amines is 1. The summed E-state index contributed by atoms with van der Waals surface area (Å²) in [5.41, 5.74) is 2.33. The summed E-state index contributed by atoms with van der Waals surface area (Å²) in [6.45, 7) is 1.49. The number of fused-ring (bicyclic) bond motifs is 1. The first-order valence-electron chi connectivity index (χ1n) is 7.97. The smallest absolute Gasteiger partial charge is 0.258 e. The number of nitrogens with zero attached hydrogens (tertiary/aromatic N) is 1. The lowest BCUT2D eigenvalue weighted by Crippen LogP contribution is -2.20. The van der Waals surface area contributed by atoms with Crippen molar-refractivity contribution in [3.63, 3.8) is 0 Å². The molecule has 0 spiro atoms. The minimum absolute atomic E-state index is 0.0849. The predicted octanol–water partition coefficient (Wildman–Crippen LogP) is 2.91. The average Bonchev–Trinajstić information content (AvgIpc) is 3.02. The Hall–Kier alpha value is -2.66. The van der Waals surface area contributed by atoms with Crippen LogP contribution in [0.4, 0.5) is 10.1 Å². The number of pyridine rings is 1. The van der Waals surface area contributed by atoms with Crippen molar-refractivity contribution in [2.24, 2.45) is 0 Å². The van der Waals surface area contributed by atoms with Gasteiger partial charge < -0.3 is 15.0 Å². The van der Waals surface area contributed by atoms with E-state index in [2.05, 4.69) is 9.88 Å². The van der Waals surface area contributed by atoms with Gasteiger partial charge in [0.15, 0.2) is 0 Å². The Labute approximate surface area is 138 Å². The molecule has 5 heteroatoms. The van der Waals surface area contributed by atoms with Crippen molar-refractivity contribution in [2.75, 3.05) is 18.0 Å². The first kappa shape index (κ1) is 14.9. The molecule has 1 aromatic heterocycles. The molecule has 1 saturated heterocycles. The van der Waals surface area contributed by atoms with Crippen molar-refractivity contribution in [3.05, 3.63) is 64.8 Å². The van der Waals surface area contributed by atoms with Gasteiger partial charge in [0.2, 0.25) is 0 Å². The molecule has 0 radical (unpaired) electrons. The fraction of sp³-hybridized carbons (Fsp3) is 0.211. The molecule has 0 aliphatic carbocycles. The summed E-state index contributed by atoms with van der Waals surface area (Å²) < 4.78 is 14.0. The van der Waals surface area contributed by atoms with Crippen molar-refractivity contribution >= 4 is 16.5 Å². The molecule has 122 valence electrons. The number of H-pyrrole nitrogens is 1. The van der Waals surface area contributed by atoms with Gasteiger partial charge in [-0.2, -0.15) is 0 Å². The number of hydrogen-bond donors (Lipinski definition) is 2. The van der Waals surface area contributed by atoms with Crippen LogP contribution in [0.3, 0.4) is 0 Å². The van der Waals surface area contributed by atoms with Gasteiger partial charge in [-0.3, -0.25) is 4.79 Å². The molecule has 1 unspecified atom stereocenters. The topological polar surface area (TPSA) is 56.3 Å². The zero-order chi connectivity index (χ0) is 16.7. The highest BCUT2D eigenvalue weighted by atomic mass is 19.1. The number of halogens is 1. The fourth-order valence-corrected chi connectivity index (χ4v) is 3.33. The molecule has 0 amide bonds. The van der Waals surface area contributed by atoms with Crippen molar-refractivity contribution in [1.82, 2.24) is 4.98 Å². The van der Waals surface area contributed by atoms with Crippen molar-refractivity contribution in [3.8, 4) is 11.1 Å². The first-order chi connectivity index (χ1) is 11.6. The number of rotatable bonds is 2. The van der Waals surface area contributed by atoms with Crippen LogP contribution < -0.4 is 10.5 Å². The largest absolute Gasteiger partial charge is 0.391 e. The summed E-state index contributed by atoms with van der Waals surface area (Å²) in [5, 5.41) is 10.3. The number of benzene rings is 2.